The van der Waals surface area contributed by atoms with Crippen molar-refractivity contribution in [1.82, 2.24) is 10.2 Å². The Kier molecular flexibility index (Phi) is 9.24. The van der Waals surface area contributed by atoms with Crippen LogP contribution in [0.3, 0.4) is 0 Å². The molecule has 7 nitrogen and oxygen atoms in total. The van der Waals surface area contributed by atoms with Gasteiger partial charge in [-0.1, -0.05) is 55.0 Å². The van der Waals surface area contributed by atoms with Crippen molar-refractivity contribution in [2.75, 3.05) is 18.4 Å². The van der Waals surface area contributed by atoms with Gasteiger partial charge in [-0.3, -0.25) is 9.59 Å². The molecule has 0 aliphatic rings. The van der Waals surface area contributed by atoms with Gasteiger partial charge in [-0.2, -0.15) is 0 Å². The van der Waals surface area contributed by atoms with Gasteiger partial charge in [-0.25, -0.2) is 4.79 Å². The number of amides is 3. The van der Waals surface area contributed by atoms with E-state index in [-0.39, 0.29) is 18.4 Å². The van der Waals surface area contributed by atoms with Gasteiger partial charge in [0.1, 0.15) is 18.2 Å². The fourth-order valence-corrected chi connectivity index (χ4v) is 3.72. The minimum Gasteiger partial charge on any atom is -0.444 e. The number of benzene rings is 2. The number of alkyl carbamates (subject to hydrolysis) is 1. The Bertz CT molecular complexity index is 1010. The molecule has 184 valence electrons. The number of hydrogen-bond donors (Lipinski definition) is 2. The first-order valence-corrected chi connectivity index (χ1v) is 11.6. The lowest BCUT2D eigenvalue weighted by molar-refractivity contribution is -0.138. The van der Waals surface area contributed by atoms with Gasteiger partial charge in [0.2, 0.25) is 5.91 Å². The van der Waals surface area contributed by atoms with E-state index < -0.39 is 17.7 Å². The average Bonchev–Trinajstić information content (AvgIpc) is 2.73. The van der Waals surface area contributed by atoms with E-state index in [1.807, 2.05) is 70.2 Å². The predicted molar refractivity (Wildman–Crippen MR) is 135 cm³/mol. The molecule has 0 bridgehead atoms. The van der Waals surface area contributed by atoms with Gasteiger partial charge < -0.3 is 20.3 Å². The van der Waals surface area contributed by atoms with E-state index >= 15 is 0 Å². The van der Waals surface area contributed by atoms with Gasteiger partial charge in [0.15, 0.2) is 0 Å². The van der Waals surface area contributed by atoms with E-state index in [0.717, 1.165) is 22.4 Å². The summed E-state index contributed by atoms with van der Waals surface area (Å²) in [6.07, 6.45) is -0.0265. The second-order valence-corrected chi connectivity index (χ2v) is 9.52. The normalized spacial score (nSPS) is 12.0. The van der Waals surface area contributed by atoms with Crippen LogP contribution in [0.2, 0.25) is 0 Å². The Morgan fingerprint density at radius 1 is 1.00 bits per heavy atom. The van der Waals surface area contributed by atoms with Crippen molar-refractivity contribution in [3.63, 3.8) is 0 Å². The second-order valence-electron chi connectivity index (χ2n) is 9.52. The molecule has 0 fully saturated rings. The van der Waals surface area contributed by atoms with Crippen molar-refractivity contribution in [2.45, 2.75) is 66.5 Å². The molecule has 0 saturated carbocycles. The maximum atomic E-state index is 13.7. The highest BCUT2D eigenvalue weighted by atomic mass is 16.6. The minimum atomic E-state index is -0.855. The summed E-state index contributed by atoms with van der Waals surface area (Å²) in [7, 11) is 0. The Morgan fingerprint density at radius 3 is 2.18 bits per heavy atom. The number of anilines is 1. The number of ether oxygens (including phenoxy) is 1. The maximum absolute atomic E-state index is 13.7. The van der Waals surface area contributed by atoms with Crippen LogP contribution in [0, 0.1) is 20.8 Å². The van der Waals surface area contributed by atoms with Gasteiger partial charge in [0.05, 0.1) is 0 Å². The molecule has 3 amide bonds. The molecular weight excluding hydrogens is 430 g/mol. The van der Waals surface area contributed by atoms with Crippen molar-refractivity contribution in [3.8, 4) is 0 Å². The molecule has 2 aromatic rings. The van der Waals surface area contributed by atoms with Crippen LogP contribution in [0.1, 0.15) is 62.4 Å². The van der Waals surface area contributed by atoms with E-state index in [4.69, 9.17) is 4.74 Å². The molecule has 0 aliphatic carbocycles. The minimum absolute atomic E-state index is 0.270. The molecule has 34 heavy (non-hydrogen) atoms. The van der Waals surface area contributed by atoms with Crippen molar-refractivity contribution in [1.29, 1.82) is 0 Å². The number of carbonyl (C=O) groups is 3. The predicted octanol–water partition coefficient (Wildman–Crippen LogP) is 5.05. The fourth-order valence-electron chi connectivity index (χ4n) is 3.72. The third-order valence-electron chi connectivity index (χ3n) is 5.21. The summed E-state index contributed by atoms with van der Waals surface area (Å²) in [6, 6.07) is 12.5. The second kappa shape index (κ2) is 11.7. The fraction of sp³-hybridized carbons (Fsp3) is 0.444. The third-order valence-corrected chi connectivity index (χ3v) is 5.21. The molecule has 0 aromatic heterocycles. The highest BCUT2D eigenvalue weighted by Crippen LogP contribution is 2.27. The van der Waals surface area contributed by atoms with Crippen LogP contribution in [0.4, 0.5) is 10.5 Å². The van der Waals surface area contributed by atoms with Crippen LogP contribution in [-0.2, 0) is 14.3 Å². The van der Waals surface area contributed by atoms with Crippen LogP contribution >= 0.6 is 0 Å². The molecule has 1 unspecified atom stereocenters. The van der Waals surface area contributed by atoms with Crippen LogP contribution in [-0.4, -0.2) is 41.5 Å². The van der Waals surface area contributed by atoms with Crippen molar-refractivity contribution < 1.29 is 19.1 Å². The van der Waals surface area contributed by atoms with Crippen LogP contribution in [0.15, 0.2) is 42.5 Å². The first-order valence-electron chi connectivity index (χ1n) is 11.6. The average molecular weight is 468 g/mol. The molecule has 1 atom stereocenters. The lowest BCUT2D eigenvalue weighted by Gasteiger charge is -2.32. The third kappa shape index (κ3) is 7.61. The van der Waals surface area contributed by atoms with E-state index in [1.165, 1.54) is 4.90 Å². The van der Waals surface area contributed by atoms with Gasteiger partial charge >= 0.3 is 6.09 Å². The van der Waals surface area contributed by atoms with Crippen LogP contribution in [0.25, 0.3) is 0 Å². The largest absolute Gasteiger partial charge is 0.444 e. The monoisotopic (exact) mass is 467 g/mol. The molecule has 0 spiro atoms. The van der Waals surface area contributed by atoms with E-state index in [2.05, 4.69) is 10.6 Å². The topological polar surface area (TPSA) is 87.7 Å². The van der Waals surface area contributed by atoms with Crippen molar-refractivity contribution in [2.24, 2.45) is 0 Å². The van der Waals surface area contributed by atoms with Crippen LogP contribution in [0.5, 0.6) is 0 Å². The Labute approximate surface area is 202 Å². The standard InChI is InChI=1S/C27H37N3O4/c1-8-15-30(22(31)17-28-26(33)34-27(5,6)7)24(21-14-9-11-18(2)16-21)25(32)29-23-19(3)12-10-13-20(23)4/h9-14,16,24H,8,15,17H2,1-7H3,(H,28,33)(H,29,32). The zero-order valence-electron chi connectivity index (χ0n) is 21.3. The molecule has 7 heteroatoms. The molecule has 0 saturated heterocycles. The lowest BCUT2D eigenvalue weighted by Crippen LogP contribution is -2.46. The van der Waals surface area contributed by atoms with Gasteiger partial charge in [-0.15, -0.1) is 0 Å². The lowest BCUT2D eigenvalue weighted by atomic mass is 10.0. The molecule has 2 rings (SSSR count). The molecule has 0 aliphatic heterocycles. The van der Waals surface area contributed by atoms with Crippen LogP contribution < -0.4 is 10.6 Å². The number of rotatable bonds is 8. The quantitative estimate of drug-likeness (QED) is 0.568. The number of carbonyl (C=O) groups excluding carboxylic acids is 3. The zero-order valence-corrected chi connectivity index (χ0v) is 21.3. The smallest absolute Gasteiger partial charge is 0.408 e. The van der Waals surface area contributed by atoms with Crippen molar-refractivity contribution >= 4 is 23.6 Å². The SMILES string of the molecule is CCCN(C(=O)CNC(=O)OC(C)(C)C)C(C(=O)Nc1c(C)cccc1C)c1cccc(C)c1. The Morgan fingerprint density at radius 2 is 1.62 bits per heavy atom. The number of aryl methyl sites for hydroxylation is 3. The molecule has 2 N–H and O–H groups in total. The Balaban J connectivity index is 2.37. The number of nitrogens with one attached hydrogen (secondary N) is 2. The first kappa shape index (κ1) is 26.9. The first-order chi connectivity index (χ1) is 15.9. The summed E-state index contributed by atoms with van der Waals surface area (Å²) in [5.41, 5.74) is 3.64. The molecule has 0 heterocycles. The molecule has 0 radical (unpaired) electrons. The highest BCUT2D eigenvalue weighted by molar-refractivity contribution is 5.99. The van der Waals surface area contributed by atoms with Gasteiger partial charge in [-0.05, 0) is 64.7 Å². The van der Waals surface area contributed by atoms with E-state index in [1.54, 1.807) is 20.8 Å². The number of nitrogens with zero attached hydrogens (tertiary/aromatic N) is 1. The Hall–Kier alpha value is -3.35. The summed E-state index contributed by atoms with van der Waals surface area (Å²) in [5, 5.41) is 5.56. The highest BCUT2D eigenvalue weighted by Gasteiger charge is 2.32. The van der Waals surface area contributed by atoms with E-state index in [0.29, 0.717) is 18.5 Å². The molecule has 2 aromatic carbocycles. The van der Waals surface area contributed by atoms with Crippen molar-refractivity contribution in [3.05, 3.63) is 64.7 Å². The van der Waals surface area contributed by atoms with Gasteiger partial charge in [0, 0.05) is 12.2 Å². The summed E-state index contributed by atoms with van der Waals surface area (Å²) in [4.78, 5) is 40.5. The summed E-state index contributed by atoms with van der Waals surface area (Å²) in [5.74, 6) is -0.669. The van der Waals surface area contributed by atoms with Gasteiger partial charge in [0.25, 0.3) is 5.91 Å². The van der Waals surface area contributed by atoms with E-state index in [9.17, 15) is 14.4 Å². The maximum Gasteiger partial charge on any atom is 0.408 e. The number of hydrogen-bond acceptors (Lipinski definition) is 4. The summed E-state index contributed by atoms with van der Waals surface area (Å²) >= 11 is 0. The zero-order chi connectivity index (χ0) is 25.5. The molecular formula is C27H37N3O4. The summed E-state index contributed by atoms with van der Waals surface area (Å²) < 4.78 is 5.24. The number of para-hydroxylation sites is 1. The summed E-state index contributed by atoms with van der Waals surface area (Å²) in [6.45, 7) is 13.1.